The van der Waals surface area contributed by atoms with Crippen LogP contribution < -0.4 is 28.0 Å². The Bertz CT molecular complexity index is 1390. The first kappa shape index (κ1) is 31.8. The number of ether oxygens (including phenoxy) is 4. The number of aryl methyl sites for hydroxylation is 4. The number of methoxy groups -OCH3 is 4. The highest BCUT2D eigenvalue weighted by atomic mass is 31.2. The summed E-state index contributed by atoms with van der Waals surface area (Å²) >= 11 is 0. The lowest BCUT2D eigenvalue weighted by atomic mass is 10.0. The van der Waals surface area contributed by atoms with E-state index in [4.69, 9.17) is 28.0 Å². The van der Waals surface area contributed by atoms with E-state index in [9.17, 15) is 9.46 Å². The highest BCUT2D eigenvalue weighted by molar-refractivity contribution is 7.48. The lowest BCUT2D eigenvalue weighted by molar-refractivity contribution is 0.291. The van der Waals surface area contributed by atoms with Crippen molar-refractivity contribution in [2.24, 2.45) is 0 Å². The SMILES string of the molecule is COc1ccc(CCCc2ccc(OP(=O)(O)Oc3ccc(CCCc4ccc(OC)cc4OC)cc3)cc2)c(OC)c1. The van der Waals surface area contributed by atoms with Crippen molar-refractivity contribution in [2.75, 3.05) is 28.4 Å². The standard InChI is InChI=1S/C34H39O8P/c1-37-31-21-15-27(33(23-31)39-3)9-5-7-25-11-17-29(18-12-25)41-43(35,36)42-30-19-13-26(14-20-30)8-6-10-28-16-22-32(38-2)24-34(28)40-4/h11-24H,5-10H2,1-4H3,(H,35,36). The van der Waals surface area contributed by atoms with Crippen LogP contribution in [-0.4, -0.2) is 33.3 Å². The molecule has 0 aliphatic heterocycles. The van der Waals surface area contributed by atoms with Gasteiger partial charge in [0.25, 0.3) is 0 Å². The van der Waals surface area contributed by atoms with Crippen molar-refractivity contribution in [2.45, 2.75) is 38.5 Å². The smallest absolute Gasteiger partial charge is 0.497 e. The second-order valence-corrected chi connectivity index (χ2v) is 11.3. The van der Waals surface area contributed by atoms with Crippen LogP contribution in [0.25, 0.3) is 0 Å². The van der Waals surface area contributed by atoms with E-state index in [2.05, 4.69) is 0 Å². The molecule has 0 atom stereocenters. The summed E-state index contributed by atoms with van der Waals surface area (Å²) < 4.78 is 44.8. The van der Waals surface area contributed by atoms with Crippen LogP contribution in [0.3, 0.4) is 0 Å². The summed E-state index contributed by atoms with van der Waals surface area (Å²) in [6, 6.07) is 25.9. The highest BCUT2D eigenvalue weighted by Gasteiger charge is 2.25. The zero-order valence-electron chi connectivity index (χ0n) is 25.1. The lowest BCUT2D eigenvalue weighted by Gasteiger charge is -2.14. The number of phosphoric ester groups is 1. The van der Waals surface area contributed by atoms with Gasteiger partial charge in [-0.3, -0.25) is 4.89 Å². The fourth-order valence-corrected chi connectivity index (χ4v) is 5.62. The molecule has 0 saturated carbocycles. The molecule has 1 N–H and O–H groups in total. The molecular weight excluding hydrogens is 567 g/mol. The van der Waals surface area contributed by atoms with Crippen LogP contribution in [0.15, 0.2) is 84.9 Å². The third-order valence-electron chi connectivity index (χ3n) is 7.10. The van der Waals surface area contributed by atoms with Gasteiger partial charge >= 0.3 is 7.82 Å². The molecule has 0 aliphatic carbocycles. The Balaban J connectivity index is 1.23. The van der Waals surface area contributed by atoms with Crippen molar-refractivity contribution in [1.82, 2.24) is 0 Å². The first-order valence-corrected chi connectivity index (χ1v) is 15.6. The van der Waals surface area contributed by atoms with Crippen molar-refractivity contribution in [3.63, 3.8) is 0 Å². The molecule has 43 heavy (non-hydrogen) atoms. The fraction of sp³-hybridized carbons (Fsp3) is 0.294. The maximum absolute atomic E-state index is 12.7. The van der Waals surface area contributed by atoms with Crippen LogP contribution in [0.2, 0.25) is 0 Å². The van der Waals surface area contributed by atoms with Crippen molar-refractivity contribution in [1.29, 1.82) is 0 Å². The first-order chi connectivity index (χ1) is 20.8. The van der Waals surface area contributed by atoms with Crippen molar-refractivity contribution in [3.05, 3.63) is 107 Å². The Morgan fingerprint density at radius 3 is 1.23 bits per heavy atom. The third kappa shape index (κ3) is 9.43. The van der Waals surface area contributed by atoms with E-state index in [1.807, 2.05) is 60.7 Å². The summed E-state index contributed by atoms with van der Waals surface area (Å²) in [5, 5.41) is 0. The van der Waals surface area contributed by atoms with Gasteiger partial charge in [0.05, 0.1) is 28.4 Å². The molecule has 0 aliphatic rings. The Labute approximate surface area is 253 Å². The van der Waals surface area contributed by atoms with E-state index < -0.39 is 7.82 Å². The minimum absolute atomic E-state index is 0.261. The summed E-state index contributed by atoms with van der Waals surface area (Å²) in [5.74, 6) is 3.66. The average molecular weight is 607 g/mol. The van der Waals surface area contributed by atoms with Crippen molar-refractivity contribution >= 4 is 7.82 Å². The van der Waals surface area contributed by atoms with Gasteiger partial charge in [0.1, 0.15) is 34.5 Å². The van der Waals surface area contributed by atoms with Gasteiger partial charge < -0.3 is 28.0 Å². The van der Waals surface area contributed by atoms with Gasteiger partial charge in [-0.2, -0.15) is 0 Å². The number of hydrogen-bond acceptors (Lipinski definition) is 7. The number of benzene rings is 4. The molecule has 8 nitrogen and oxygen atoms in total. The fourth-order valence-electron chi connectivity index (χ4n) is 4.80. The van der Waals surface area contributed by atoms with Gasteiger partial charge in [0.2, 0.25) is 0 Å². The zero-order chi connectivity index (χ0) is 30.7. The molecule has 0 aromatic heterocycles. The molecule has 4 aromatic rings. The zero-order valence-corrected chi connectivity index (χ0v) is 26.0. The van der Waals surface area contributed by atoms with Gasteiger partial charge in [0.15, 0.2) is 0 Å². The maximum atomic E-state index is 12.7. The Morgan fingerprint density at radius 2 is 0.884 bits per heavy atom. The van der Waals surface area contributed by atoms with Crippen LogP contribution in [0.4, 0.5) is 0 Å². The predicted octanol–water partition coefficient (Wildman–Crippen LogP) is 7.63. The van der Waals surface area contributed by atoms with Gasteiger partial charge in [-0.25, -0.2) is 4.57 Å². The number of rotatable bonds is 16. The minimum atomic E-state index is -4.37. The van der Waals surface area contributed by atoms with Gasteiger partial charge in [-0.1, -0.05) is 36.4 Å². The Kier molecular flexibility index (Phi) is 11.4. The van der Waals surface area contributed by atoms with E-state index in [0.29, 0.717) is 0 Å². The molecule has 0 bridgehead atoms. The normalized spacial score (nSPS) is 11.1. The monoisotopic (exact) mass is 606 g/mol. The minimum Gasteiger partial charge on any atom is -0.497 e. The quantitative estimate of drug-likeness (QED) is 0.130. The molecule has 0 saturated heterocycles. The van der Waals surface area contributed by atoms with Crippen LogP contribution in [0, 0.1) is 0 Å². The molecule has 4 aromatic carbocycles. The number of phosphoric acid groups is 1. The topological polar surface area (TPSA) is 92.7 Å². The van der Waals surface area contributed by atoms with Crippen molar-refractivity contribution < 1.29 is 37.5 Å². The average Bonchev–Trinajstić information content (AvgIpc) is 3.02. The second-order valence-electron chi connectivity index (χ2n) is 10.0. The molecule has 0 heterocycles. The van der Waals surface area contributed by atoms with Gasteiger partial charge in [-0.15, -0.1) is 0 Å². The van der Waals surface area contributed by atoms with Crippen LogP contribution in [0.5, 0.6) is 34.5 Å². The molecule has 228 valence electrons. The van der Waals surface area contributed by atoms with E-state index in [1.165, 1.54) is 0 Å². The van der Waals surface area contributed by atoms with E-state index in [-0.39, 0.29) is 11.5 Å². The summed E-state index contributed by atoms with van der Waals surface area (Å²) in [5.41, 5.74) is 4.41. The molecular formula is C34H39O8P. The molecule has 0 spiro atoms. The van der Waals surface area contributed by atoms with E-state index >= 15 is 0 Å². The molecule has 0 fully saturated rings. The van der Waals surface area contributed by atoms with Gasteiger partial charge in [-0.05, 0) is 97.2 Å². The van der Waals surface area contributed by atoms with Crippen LogP contribution in [-0.2, 0) is 30.2 Å². The van der Waals surface area contributed by atoms with Crippen molar-refractivity contribution in [3.8, 4) is 34.5 Å². The Morgan fingerprint density at radius 1 is 0.512 bits per heavy atom. The highest BCUT2D eigenvalue weighted by Crippen LogP contribution is 2.44. The van der Waals surface area contributed by atoms with Gasteiger partial charge in [0, 0.05) is 12.1 Å². The molecule has 0 radical (unpaired) electrons. The first-order valence-electron chi connectivity index (χ1n) is 14.1. The van der Waals surface area contributed by atoms with E-state index in [0.717, 1.165) is 83.8 Å². The summed E-state index contributed by atoms with van der Waals surface area (Å²) in [7, 11) is 2.20. The summed E-state index contributed by atoms with van der Waals surface area (Å²) in [4.78, 5) is 10.3. The van der Waals surface area contributed by atoms with E-state index in [1.54, 1.807) is 52.7 Å². The lowest BCUT2D eigenvalue weighted by Crippen LogP contribution is -2.00. The molecule has 9 heteroatoms. The maximum Gasteiger partial charge on any atom is 0.584 e. The molecule has 0 amide bonds. The number of hydrogen-bond donors (Lipinski definition) is 1. The molecule has 0 unspecified atom stereocenters. The third-order valence-corrected chi connectivity index (χ3v) is 7.98. The van der Waals surface area contributed by atoms with Crippen LogP contribution >= 0.6 is 7.82 Å². The summed E-state index contributed by atoms with van der Waals surface area (Å²) in [6.07, 6.45) is 5.19. The molecule has 4 rings (SSSR count). The summed E-state index contributed by atoms with van der Waals surface area (Å²) in [6.45, 7) is 0. The second kappa shape index (κ2) is 15.4. The van der Waals surface area contributed by atoms with Crippen LogP contribution in [0.1, 0.15) is 35.1 Å². The Hall–Kier alpha value is -4.13. The predicted molar refractivity (Wildman–Crippen MR) is 167 cm³/mol. The largest absolute Gasteiger partial charge is 0.584 e.